The summed E-state index contributed by atoms with van der Waals surface area (Å²) in [6, 6.07) is 8.06. The summed E-state index contributed by atoms with van der Waals surface area (Å²) in [5.41, 5.74) is 8.04. The van der Waals surface area contributed by atoms with Crippen LogP contribution in [0.15, 0.2) is 38.7 Å². The maximum atomic E-state index is 8.04. The molecule has 0 atom stereocenters. The van der Waals surface area contributed by atoms with Gasteiger partial charge in [0.1, 0.15) is 0 Å². The third-order valence-corrected chi connectivity index (χ3v) is 2.86. The summed E-state index contributed by atoms with van der Waals surface area (Å²) in [6.07, 6.45) is 0. The minimum Gasteiger partial charge on any atom is -0.126 e. The maximum absolute atomic E-state index is 8.04. The van der Waals surface area contributed by atoms with Crippen LogP contribution in [0.25, 0.3) is 10.4 Å². The summed E-state index contributed by atoms with van der Waals surface area (Å²) in [5, 5.41) is 3.45. The van der Waals surface area contributed by atoms with E-state index < -0.39 is 0 Å². The van der Waals surface area contributed by atoms with E-state index in [-0.39, 0.29) is 0 Å². The zero-order valence-corrected chi connectivity index (χ0v) is 9.25. The highest BCUT2D eigenvalue weighted by atomic mass is 79.9. The molecule has 0 aliphatic rings. The molecule has 68 valence electrons. The van der Waals surface area contributed by atoms with Gasteiger partial charge in [-0.3, -0.25) is 0 Å². The molecule has 0 fully saturated rings. The number of nitrogens with zero attached hydrogens (tertiary/aromatic N) is 3. The lowest BCUT2D eigenvalue weighted by atomic mass is 10.4. The van der Waals surface area contributed by atoms with E-state index in [1.54, 1.807) is 11.8 Å². The monoisotopic (exact) mass is 257 g/mol. The fourth-order valence-electron chi connectivity index (χ4n) is 0.780. The van der Waals surface area contributed by atoms with Crippen LogP contribution in [0.1, 0.15) is 0 Å². The fraction of sp³-hybridized carbons (Fsp3) is 0.250. The second kappa shape index (κ2) is 5.91. The van der Waals surface area contributed by atoms with Crippen molar-refractivity contribution in [1.29, 1.82) is 0 Å². The first kappa shape index (κ1) is 10.4. The lowest BCUT2D eigenvalue weighted by molar-refractivity contribution is 1.12. The lowest BCUT2D eigenvalue weighted by Gasteiger charge is -1.98. The Morgan fingerprint density at radius 2 is 2.08 bits per heavy atom. The topological polar surface area (TPSA) is 48.8 Å². The van der Waals surface area contributed by atoms with Crippen LogP contribution in [-0.4, -0.2) is 12.3 Å². The Labute approximate surface area is 89.3 Å². The van der Waals surface area contributed by atoms with Gasteiger partial charge in [-0.05, 0) is 29.8 Å². The molecule has 13 heavy (non-hydrogen) atoms. The zero-order chi connectivity index (χ0) is 9.52. The summed E-state index contributed by atoms with van der Waals surface area (Å²) in [7, 11) is 0. The van der Waals surface area contributed by atoms with Crippen LogP contribution in [0.5, 0.6) is 0 Å². The Bertz CT molecular complexity index is 306. The standard InChI is InChI=1S/C8H8BrN3S/c9-7-1-3-8(4-2-7)13-6-5-11-12-10/h1-4H,5-6H2. The molecule has 0 aliphatic heterocycles. The van der Waals surface area contributed by atoms with Crippen molar-refractivity contribution >= 4 is 27.7 Å². The van der Waals surface area contributed by atoms with Gasteiger partial charge in [-0.25, -0.2) is 0 Å². The fourth-order valence-corrected chi connectivity index (χ4v) is 1.78. The van der Waals surface area contributed by atoms with Gasteiger partial charge in [0.25, 0.3) is 0 Å². The largest absolute Gasteiger partial charge is 0.126 e. The van der Waals surface area contributed by atoms with Gasteiger partial charge in [0.15, 0.2) is 0 Å². The molecule has 0 aliphatic carbocycles. The molecule has 1 aromatic rings. The molecule has 0 aromatic heterocycles. The maximum Gasteiger partial charge on any atom is 0.0352 e. The van der Waals surface area contributed by atoms with Gasteiger partial charge in [-0.1, -0.05) is 21.0 Å². The molecule has 5 heteroatoms. The number of hydrogen-bond donors (Lipinski definition) is 0. The number of benzene rings is 1. The highest BCUT2D eigenvalue weighted by Gasteiger charge is 1.92. The lowest BCUT2D eigenvalue weighted by Crippen LogP contribution is -1.82. The second-order valence-electron chi connectivity index (χ2n) is 2.26. The van der Waals surface area contributed by atoms with E-state index in [2.05, 4.69) is 26.0 Å². The smallest absolute Gasteiger partial charge is 0.0352 e. The van der Waals surface area contributed by atoms with Crippen molar-refractivity contribution in [3.05, 3.63) is 39.2 Å². The predicted octanol–water partition coefficient (Wildman–Crippen LogP) is 3.85. The van der Waals surface area contributed by atoms with Crippen molar-refractivity contribution in [3.63, 3.8) is 0 Å². The predicted molar refractivity (Wildman–Crippen MR) is 58.9 cm³/mol. The van der Waals surface area contributed by atoms with Gasteiger partial charge in [0.2, 0.25) is 0 Å². The van der Waals surface area contributed by atoms with Crippen molar-refractivity contribution in [2.75, 3.05) is 12.3 Å². The molecule has 1 aromatic carbocycles. The average molecular weight is 258 g/mol. The number of rotatable bonds is 4. The van der Waals surface area contributed by atoms with Crippen molar-refractivity contribution < 1.29 is 0 Å². The summed E-state index contributed by atoms with van der Waals surface area (Å²) in [6.45, 7) is 0.539. The van der Waals surface area contributed by atoms with E-state index in [1.807, 2.05) is 24.3 Å². The zero-order valence-electron chi connectivity index (χ0n) is 6.85. The van der Waals surface area contributed by atoms with E-state index in [9.17, 15) is 0 Å². The number of hydrogen-bond acceptors (Lipinski definition) is 2. The Balaban J connectivity index is 2.37. The van der Waals surface area contributed by atoms with E-state index in [1.165, 1.54) is 4.90 Å². The van der Waals surface area contributed by atoms with Gasteiger partial charge >= 0.3 is 0 Å². The molecule has 0 heterocycles. The van der Waals surface area contributed by atoms with E-state index in [4.69, 9.17) is 5.53 Å². The quantitative estimate of drug-likeness (QED) is 0.266. The molecular formula is C8H8BrN3S. The third kappa shape index (κ3) is 4.22. The van der Waals surface area contributed by atoms with Crippen molar-refractivity contribution in [2.24, 2.45) is 5.11 Å². The van der Waals surface area contributed by atoms with Crippen LogP contribution in [-0.2, 0) is 0 Å². The highest BCUT2D eigenvalue weighted by molar-refractivity contribution is 9.10. The molecule has 0 bridgehead atoms. The summed E-state index contributed by atoms with van der Waals surface area (Å²) in [4.78, 5) is 3.88. The molecule has 0 unspecified atom stereocenters. The van der Waals surface area contributed by atoms with E-state index >= 15 is 0 Å². The van der Waals surface area contributed by atoms with Crippen LogP contribution in [0.2, 0.25) is 0 Å². The molecule has 0 saturated carbocycles. The van der Waals surface area contributed by atoms with E-state index in [0.29, 0.717) is 6.54 Å². The van der Waals surface area contributed by atoms with Crippen LogP contribution < -0.4 is 0 Å². The Kier molecular flexibility index (Phi) is 4.75. The molecule has 0 saturated heterocycles. The first-order valence-electron chi connectivity index (χ1n) is 3.72. The number of thioether (sulfide) groups is 1. The summed E-state index contributed by atoms with van der Waals surface area (Å²) < 4.78 is 1.08. The minimum atomic E-state index is 0.539. The minimum absolute atomic E-state index is 0.539. The van der Waals surface area contributed by atoms with Crippen LogP contribution >= 0.6 is 27.7 Å². The normalized spacial score (nSPS) is 9.31. The molecule has 0 amide bonds. The highest BCUT2D eigenvalue weighted by Crippen LogP contribution is 2.20. The second-order valence-corrected chi connectivity index (χ2v) is 4.34. The molecule has 0 radical (unpaired) electrons. The van der Waals surface area contributed by atoms with Crippen molar-refractivity contribution in [2.45, 2.75) is 4.90 Å². The van der Waals surface area contributed by atoms with E-state index in [0.717, 1.165) is 10.2 Å². The van der Waals surface area contributed by atoms with Crippen LogP contribution in [0.3, 0.4) is 0 Å². The molecule has 3 nitrogen and oxygen atoms in total. The van der Waals surface area contributed by atoms with Crippen LogP contribution in [0, 0.1) is 0 Å². The average Bonchev–Trinajstić information content (AvgIpc) is 2.15. The van der Waals surface area contributed by atoms with Gasteiger partial charge in [0.05, 0.1) is 0 Å². The molecule has 0 N–H and O–H groups in total. The van der Waals surface area contributed by atoms with Crippen LogP contribution in [0.4, 0.5) is 0 Å². The Morgan fingerprint density at radius 1 is 1.38 bits per heavy atom. The number of halogens is 1. The summed E-state index contributed by atoms with van der Waals surface area (Å²) in [5.74, 6) is 0.825. The summed E-state index contributed by atoms with van der Waals surface area (Å²) >= 11 is 5.05. The third-order valence-electron chi connectivity index (χ3n) is 1.34. The first-order chi connectivity index (χ1) is 6.33. The number of azide groups is 1. The Morgan fingerprint density at radius 3 is 2.69 bits per heavy atom. The Hall–Kier alpha value is -0.640. The molecule has 1 rings (SSSR count). The SMILES string of the molecule is [N-]=[N+]=NCCSc1ccc(Br)cc1. The van der Waals surface area contributed by atoms with Crippen molar-refractivity contribution in [3.8, 4) is 0 Å². The first-order valence-corrected chi connectivity index (χ1v) is 5.50. The van der Waals surface area contributed by atoms with Gasteiger partial charge in [-0.2, -0.15) is 0 Å². The molecule has 0 spiro atoms. The molecular weight excluding hydrogens is 250 g/mol. The van der Waals surface area contributed by atoms with Crippen molar-refractivity contribution in [1.82, 2.24) is 0 Å². The van der Waals surface area contributed by atoms with Gasteiger partial charge < -0.3 is 0 Å². The van der Waals surface area contributed by atoms with Gasteiger partial charge in [0, 0.05) is 26.6 Å². The van der Waals surface area contributed by atoms with Gasteiger partial charge in [-0.15, -0.1) is 11.8 Å².